The van der Waals surface area contributed by atoms with Crippen molar-refractivity contribution in [1.29, 1.82) is 0 Å². The second-order valence-electron chi connectivity index (χ2n) is 5.13. The van der Waals surface area contributed by atoms with Gasteiger partial charge in [-0.25, -0.2) is 4.39 Å². The SMILES string of the molecule is CC(C)C(C)N(C)Cc1ccc(F)c(B(O)O)c1. The van der Waals surface area contributed by atoms with Gasteiger partial charge in [0.2, 0.25) is 0 Å². The van der Waals surface area contributed by atoms with Crippen molar-refractivity contribution in [3.8, 4) is 0 Å². The zero-order valence-electron chi connectivity index (χ0n) is 11.4. The average molecular weight is 253 g/mol. The maximum Gasteiger partial charge on any atom is 0.491 e. The lowest BCUT2D eigenvalue weighted by molar-refractivity contribution is 0.200. The molecule has 0 fully saturated rings. The molecule has 3 nitrogen and oxygen atoms in total. The summed E-state index contributed by atoms with van der Waals surface area (Å²) in [6, 6.07) is 4.85. The molecule has 0 heterocycles. The normalized spacial score (nSPS) is 13.2. The van der Waals surface area contributed by atoms with Crippen LogP contribution in [-0.2, 0) is 6.54 Å². The standard InChI is InChI=1S/C13H21BFNO2/c1-9(2)10(3)16(4)8-11-5-6-13(15)12(7-11)14(17)18/h5-7,9-10,17-18H,8H2,1-4H3. The zero-order chi connectivity index (χ0) is 13.9. The first-order valence-corrected chi connectivity index (χ1v) is 6.17. The molecule has 0 aliphatic heterocycles. The summed E-state index contributed by atoms with van der Waals surface area (Å²) in [6.45, 7) is 7.08. The van der Waals surface area contributed by atoms with Gasteiger partial charge in [-0.1, -0.05) is 26.0 Å². The van der Waals surface area contributed by atoms with E-state index >= 15 is 0 Å². The van der Waals surface area contributed by atoms with E-state index < -0.39 is 12.9 Å². The third kappa shape index (κ3) is 3.80. The van der Waals surface area contributed by atoms with E-state index in [1.807, 2.05) is 7.05 Å². The molecular weight excluding hydrogens is 232 g/mol. The summed E-state index contributed by atoms with van der Waals surface area (Å²) in [7, 11) is 0.237. The molecule has 5 heteroatoms. The lowest BCUT2D eigenvalue weighted by atomic mass is 9.79. The van der Waals surface area contributed by atoms with Gasteiger partial charge in [-0.15, -0.1) is 0 Å². The molecule has 1 aromatic rings. The van der Waals surface area contributed by atoms with Gasteiger partial charge in [0.05, 0.1) is 0 Å². The van der Waals surface area contributed by atoms with E-state index in [0.717, 1.165) is 5.56 Å². The van der Waals surface area contributed by atoms with Crippen LogP contribution in [0.4, 0.5) is 4.39 Å². The summed E-state index contributed by atoms with van der Waals surface area (Å²) in [6.07, 6.45) is 0. The Kier molecular flexibility index (Phi) is 5.32. The summed E-state index contributed by atoms with van der Waals surface area (Å²) in [5, 5.41) is 18.1. The fourth-order valence-electron chi connectivity index (χ4n) is 1.83. The van der Waals surface area contributed by atoms with Crippen molar-refractivity contribution in [2.75, 3.05) is 7.05 Å². The number of halogens is 1. The fraction of sp³-hybridized carbons (Fsp3) is 0.538. The van der Waals surface area contributed by atoms with Crippen LogP contribution in [-0.4, -0.2) is 35.2 Å². The van der Waals surface area contributed by atoms with Crippen molar-refractivity contribution in [3.05, 3.63) is 29.6 Å². The highest BCUT2D eigenvalue weighted by atomic mass is 19.1. The molecule has 0 spiro atoms. The number of hydrogen-bond acceptors (Lipinski definition) is 3. The minimum atomic E-state index is -1.77. The van der Waals surface area contributed by atoms with Gasteiger partial charge in [0.15, 0.2) is 0 Å². The Morgan fingerprint density at radius 2 is 1.89 bits per heavy atom. The Morgan fingerprint density at radius 3 is 2.39 bits per heavy atom. The highest BCUT2D eigenvalue weighted by molar-refractivity contribution is 6.58. The summed E-state index contributed by atoms with van der Waals surface area (Å²) < 4.78 is 13.3. The fourth-order valence-corrected chi connectivity index (χ4v) is 1.83. The summed E-state index contributed by atoms with van der Waals surface area (Å²) >= 11 is 0. The number of benzene rings is 1. The minimum Gasteiger partial charge on any atom is -0.423 e. The molecular formula is C13H21BFNO2. The van der Waals surface area contributed by atoms with E-state index in [-0.39, 0.29) is 5.46 Å². The molecule has 0 saturated heterocycles. The monoisotopic (exact) mass is 253 g/mol. The molecule has 0 amide bonds. The Hall–Kier alpha value is -0.905. The lowest BCUT2D eigenvalue weighted by Gasteiger charge is -2.28. The van der Waals surface area contributed by atoms with Gasteiger partial charge in [0, 0.05) is 18.0 Å². The van der Waals surface area contributed by atoms with Crippen molar-refractivity contribution in [2.45, 2.75) is 33.4 Å². The van der Waals surface area contributed by atoms with E-state index in [1.165, 1.54) is 12.1 Å². The summed E-state index contributed by atoms with van der Waals surface area (Å²) in [5.74, 6) is -0.0633. The van der Waals surface area contributed by atoms with Crippen molar-refractivity contribution >= 4 is 12.6 Å². The molecule has 0 radical (unpaired) electrons. The Balaban J connectivity index is 2.82. The van der Waals surface area contributed by atoms with E-state index in [0.29, 0.717) is 18.5 Å². The molecule has 2 N–H and O–H groups in total. The summed E-state index contributed by atoms with van der Waals surface area (Å²) in [5.41, 5.74) is 0.799. The highest BCUT2D eigenvalue weighted by Gasteiger charge is 2.18. The van der Waals surface area contributed by atoms with Gasteiger partial charge >= 0.3 is 7.12 Å². The number of rotatable bonds is 5. The summed E-state index contributed by atoms with van der Waals surface area (Å²) in [4.78, 5) is 2.16. The van der Waals surface area contributed by atoms with E-state index in [9.17, 15) is 4.39 Å². The van der Waals surface area contributed by atoms with E-state index in [2.05, 4.69) is 25.7 Å². The van der Waals surface area contributed by atoms with Crippen LogP contribution in [0.5, 0.6) is 0 Å². The van der Waals surface area contributed by atoms with Crippen LogP contribution in [0.2, 0.25) is 0 Å². The van der Waals surface area contributed by atoms with Gasteiger partial charge in [0.25, 0.3) is 0 Å². The third-order valence-electron chi connectivity index (χ3n) is 3.43. The Bertz CT molecular complexity index is 399. The van der Waals surface area contributed by atoms with Gasteiger partial charge in [-0.05, 0) is 31.5 Å². The van der Waals surface area contributed by atoms with Crippen molar-refractivity contribution in [3.63, 3.8) is 0 Å². The van der Waals surface area contributed by atoms with Crippen LogP contribution in [0.3, 0.4) is 0 Å². The van der Waals surface area contributed by atoms with Crippen molar-refractivity contribution in [2.24, 2.45) is 5.92 Å². The largest absolute Gasteiger partial charge is 0.491 e. The molecule has 0 aliphatic rings. The number of hydrogen-bond donors (Lipinski definition) is 2. The van der Waals surface area contributed by atoms with Crippen LogP contribution in [0.25, 0.3) is 0 Å². The van der Waals surface area contributed by atoms with Gasteiger partial charge < -0.3 is 10.0 Å². The quantitative estimate of drug-likeness (QED) is 0.769. The van der Waals surface area contributed by atoms with E-state index in [4.69, 9.17) is 10.0 Å². The Morgan fingerprint density at radius 1 is 1.28 bits per heavy atom. The molecule has 100 valence electrons. The predicted octanol–water partition coefficient (Wildman–Crippen LogP) is 0.982. The van der Waals surface area contributed by atoms with Crippen LogP contribution >= 0.6 is 0 Å². The second kappa shape index (κ2) is 6.32. The first-order valence-electron chi connectivity index (χ1n) is 6.17. The number of nitrogens with zero attached hydrogens (tertiary/aromatic N) is 1. The van der Waals surface area contributed by atoms with Crippen molar-refractivity contribution < 1.29 is 14.4 Å². The van der Waals surface area contributed by atoms with Crippen LogP contribution < -0.4 is 5.46 Å². The topological polar surface area (TPSA) is 43.7 Å². The second-order valence-corrected chi connectivity index (χ2v) is 5.13. The molecule has 1 aromatic carbocycles. The van der Waals surface area contributed by atoms with Crippen LogP contribution in [0.1, 0.15) is 26.3 Å². The van der Waals surface area contributed by atoms with Crippen LogP contribution in [0.15, 0.2) is 18.2 Å². The molecule has 1 rings (SSSR count). The molecule has 1 unspecified atom stereocenters. The molecule has 1 atom stereocenters. The first kappa shape index (κ1) is 15.2. The van der Waals surface area contributed by atoms with Crippen LogP contribution in [0, 0.1) is 11.7 Å². The minimum absolute atomic E-state index is 0.0712. The molecule has 0 bridgehead atoms. The predicted molar refractivity (Wildman–Crippen MR) is 72.0 cm³/mol. The maximum atomic E-state index is 13.3. The lowest BCUT2D eigenvalue weighted by Crippen LogP contribution is -2.35. The smallest absolute Gasteiger partial charge is 0.423 e. The maximum absolute atomic E-state index is 13.3. The highest BCUT2D eigenvalue weighted by Crippen LogP contribution is 2.12. The van der Waals surface area contributed by atoms with Gasteiger partial charge in [-0.2, -0.15) is 0 Å². The third-order valence-corrected chi connectivity index (χ3v) is 3.43. The van der Waals surface area contributed by atoms with Gasteiger partial charge in [-0.3, -0.25) is 4.90 Å². The molecule has 0 aliphatic carbocycles. The molecule has 0 saturated carbocycles. The van der Waals surface area contributed by atoms with E-state index in [1.54, 1.807) is 6.07 Å². The Labute approximate surface area is 108 Å². The van der Waals surface area contributed by atoms with Crippen molar-refractivity contribution in [1.82, 2.24) is 4.90 Å². The first-order chi connectivity index (χ1) is 8.32. The average Bonchev–Trinajstić information content (AvgIpc) is 2.29. The molecule has 18 heavy (non-hydrogen) atoms. The zero-order valence-corrected chi connectivity index (χ0v) is 11.4. The molecule has 0 aromatic heterocycles. The van der Waals surface area contributed by atoms with Gasteiger partial charge in [0.1, 0.15) is 5.82 Å².